The molecule has 106 valence electrons. The molecule has 2 aromatic heterocycles. The largest absolute Gasteiger partial charge is 0.401 e. The first-order valence-electron chi connectivity index (χ1n) is 6.02. The second-order valence-corrected chi connectivity index (χ2v) is 4.65. The van der Waals surface area contributed by atoms with Crippen LogP contribution < -0.4 is 5.32 Å². The van der Waals surface area contributed by atoms with E-state index in [1.165, 1.54) is 0 Å². The second-order valence-electron chi connectivity index (χ2n) is 4.21. The first kappa shape index (κ1) is 13.3. The lowest BCUT2D eigenvalue weighted by Crippen LogP contribution is -2.11. The average molecular weight is 304 g/mol. The van der Waals surface area contributed by atoms with Crippen LogP contribution in [0.2, 0.25) is 5.02 Å². The zero-order chi connectivity index (χ0) is 14.8. The highest BCUT2D eigenvalue weighted by molar-refractivity contribution is 6.30. The standard InChI is InChI=1S/C13H10ClN5O2/c1-19-10(6-7-15-19)12-17-18-13(21-12)16-11(20)8-2-4-9(14)5-3-8/h2-7H,1H3,(H,16,18,20). The number of aryl methyl sites for hydroxylation is 1. The number of nitrogens with zero attached hydrogens (tertiary/aromatic N) is 4. The van der Waals surface area contributed by atoms with Crippen molar-refractivity contribution in [1.29, 1.82) is 0 Å². The first-order valence-corrected chi connectivity index (χ1v) is 6.40. The lowest BCUT2D eigenvalue weighted by molar-refractivity contribution is 0.102. The van der Waals surface area contributed by atoms with Crippen LogP contribution in [0.1, 0.15) is 10.4 Å². The number of carbonyl (C=O) groups excluding carboxylic acids is 1. The molecule has 1 N–H and O–H groups in total. The summed E-state index contributed by atoms with van der Waals surface area (Å²) in [5, 5.41) is 14.7. The Morgan fingerprint density at radius 1 is 1.24 bits per heavy atom. The van der Waals surface area contributed by atoms with E-state index in [0.717, 1.165) is 0 Å². The predicted molar refractivity (Wildman–Crippen MR) is 75.9 cm³/mol. The molecule has 3 rings (SSSR count). The number of rotatable bonds is 3. The molecule has 1 amide bonds. The van der Waals surface area contributed by atoms with Gasteiger partial charge in [-0.15, -0.1) is 5.10 Å². The van der Waals surface area contributed by atoms with Crippen molar-refractivity contribution in [1.82, 2.24) is 20.0 Å². The minimum Gasteiger partial charge on any atom is -0.401 e. The smallest absolute Gasteiger partial charge is 0.322 e. The molecule has 1 aromatic carbocycles. The molecular weight excluding hydrogens is 294 g/mol. The summed E-state index contributed by atoms with van der Waals surface area (Å²) in [7, 11) is 1.76. The molecule has 0 saturated heterocycles. The summed E-state index contributed by atoms with van der Waals surface area (Å²) in [4.78, 5) is 12.0. The van der Waals surface area contributed by atoms with Gasteiger partial charge in [-0.3, -0.25) is 14.8 Å². The molecule has 0 aliphatic carbocycles. The van der Waals surface area contributed by atoms with Gasteiger partial charge in [-0.1, -0.05) is 16.7 Å². The van der Waals surface area contributed by atoms with Crippen molar-refractivity contribution in [3.8, 4) is 11.6 Å². The minimum atomic E-state index is -0.355. The van der Waals surface area contributed by atoms with Crippen molar-refractivity contribution in [3.05, 3.63) is 47.1 Å². The highest BCUT2D eigenvalue weighted by Crippen LogP contribution is 2.19. The number of benzene rings is 1. The predicted octanol–water partition coefficient (Wildman–Crippen LogP) is 2.38. The number of hydrogen-bond donors (Lipinski definition) is 1. The topological polar surface area (TPSA) is 85.8 Å². The molecule has 0 fully saturated rings. The quantitative estimate of drug-likeness (QED) is 0.803. The Kier molecular flexibility index (Phi) is 3.41. The van der Waals surface area contributed by atoms with Gasteiger partial charge in [0, 0.05) is 23.8 Å². The van der Waals surface area contributed by atoms with E-state index in [2.05, 4.69) is 20.6 Å². The van der Waals surface area contributed by atoms with Gasteiger partial charge < -0.3 is 4.42 Å². The second kappa shape index (κ2) is 5.37. The van der Waals surface area contributed by atoms with Crippen molar-refractivity contribution in [2.75, 3.05) is 5.32 Å². The lowest BCUT2D eigenvalue weighted by atomic mass is 10.2. The Bertz CT molecular complexity index is 778. The van der Waals surface area contributed by atoms with Gasteiger partial charge >= 0.3 is 6.01 Å². The van der Waals surface area contributed by atoms with Gasteiger partial charge in [-0.2, -0.15) is 5.10 Å². The number of anilines is 1. The molecule has 3 aromatic rings. The highest BCUT2D eigenvalue weighted by atomic mass is 35.5. The van der Waals surface area contributed by atoms with Crippen molar-refractivity contribution < 1.29 is 9.21 Å². The SMILES string of the molecule is Cn1nccc1-c1nnc(NC(=O)c2ccc(Cl)cc2)o1. The molecule has 8 heteroatoms. The molecule has 0 atom stereocenters. The van der Waals surface area contributed by atoms with Crippen LogP contribution >= 0.6 is 11.6 Å². The van der Waals surface area contributed by atoms with Gasteiger partial charge in [-0.05, 0) is 30.3 Å². The monoisotopic (exact) mass is 303 g/mol. The van der Waals surface area contributed by atoms with Crippen LogP contribution in [0.5, 0.6) is 0 Å². The number of nitrogens with one attached hydrogen (secondary N) is 1. The van der Waals surface area contributed by atoms with E-state index in [1.54, 1.807) is 48.3 Å². The van der Waals surface area contributed by atoms with Gasteiger partial charge in [0.2, 0.25) is 0 Å². The molecule has 0 aliphatic heterocycles. The summed E-state index contributed by atoms with van der Waals surface area (Å²) < 4.78 is 6.98. The van der Waals surface area contributed by atoms with Crippen molar-refractivity contribution in [2.24, 2.45) is 7.05 Å². The van der Waals surface area contributed by atoms with Crippen LogP contribution in [0.25, 0.3) is 11.6 Å². The molecule has 7 nitrogen and oxygen atoms in total. The highest BCUT2D eigenvalue weighted by Gasteiger charge is 2.14. The molecule has 21 heavy (non-hydrogen) atoms. The zero-order valence-electron chi connectivity index (χ0n) is 10.9. The Labute approximate surface area is 124 Å². The van der Waals surface area contributed by atoms with E-state index in [-0.39, 0.29) is 17.8 Å². The maximum Gasteiger partial charge on any atom is 0.322 e. The van der Waals surface area contributed by atoms with Crippen LogP contribution in [0.15, 0.2) is 40.9 Å². The normalized spacial score (nSPS) is 10.6. The van der Waals surface area contributed by atoms with E-state index < -0.39 is 0 Å². The minimum absolute atomic E-state index is 0.0196. The van der Waals surface area contributed by atoms with Gasteiger partial charge in [-0.25, -0.2) is 0 Å². The van der Waals surface area contributed by atoms with E-state index in [4.69, 9.17) is 16.0 Å². The summed E-state index contributed by atoms with van der Waals surface area (Å²) in [6.07, 6.45) is 1.62. The number of aromatic nitrogens is 4. The molecule has 0 unspecified atom stereocenters. The third-order valence-corrected chi connectivity index (χ3v) is 3.04. The number of carbonyl (C=O) groups is 1. The fraction of sp³-hybridized carbons (Fsp3) is 0.0769. The number of amides is 1. The third-order valence-electron chi connectivity index (χ3n) is 2.79. The van der Waals surface area contributed by atoms with Gasteiger partial charge in [0.05, 0.1) is 0 Å². The Morgan fingerprint density at radius 2 is 2.00 bits per heavy atom. The van der Waals surface area contributed by atoms with Gasteiger partial charge in [0.1, 0.15) is 5.69 Å². The van der Waals surface area contributed by atoms with Crippen LogP contribution in [0, 0.1) is 0 Å². The molecule has 0 saturated carbocycles. The number of hydrogen-bond acceptors (Lipinski definition) is 5. The fourth-order valence-corrected chi connectivity index (χ4v) is 1.86. The molecule has 0 radical (unpaired) electrons. The molecule has 0 spiro atoms. The summed E-state index contributed by atoms with van der Waals surface area (Å²) in [5.74, 6) is -0.0757. The average Bonchev–Trinajstić information content (AvgIpc) is 3.08. The maximum absolute atomic E-state index is 12.0. The van der Waals surface area contributed by atoms with Crippen LogP contribution in [0.3, 0.4) is 0 Å². The summed E-state index contributed by atoms with van der Waals surface area (Å²) in [5.41, 5.74) is 1.11. The molecular formula is C13H10ClN5O2. The van der Waals surface area contributed by atoms with Crippen molar-refractivity contribution in [2.45, 2.75) is 0 Å². The van der Waals surface area contributed by atoms with Gasteiger partial charge in [0.25, 0.3) is 11.8 Å². The van der Waals surface area contributed by atoms with E-state index in [1.807, 2.05) is 0 Å². The molecule has 0 bridgehead atoms. The summed E-state index contributed by atoms with van der Waals surface area (Å²) >= 11 is 5.77. The number of halogens is 1. The van der Waals surface area contributed by atoms with Crippen LogP contribution in [-0.4, -0.2) is 25.9 Å². The molecule has 0 aliphatic rings. The fourth-order valence-electron chi connectivity index (χ4n) is 1.73. The van der Waals surface area contributed by atoms with Gasteiger partial charge in [0.15, 0.2) is 0 Å². The first-order chi connectivity index (χ1) is 10.1. The van der Waals surface area contributed by atoms with Crippen molar-refractivity contribution >= 4 is 23.5 Å². The van der Waals surface area contributed by atoms with E-state index in [0.29, 0.717) is 16.3 Å². The molecule has 2 heterocycles. The summed E-state index contributed by atoms with van der Waals surface area (Å²) in [6.45, 7) is 0. The third kappa shape index (κ3) is 2.77. The Balaban J connectivity index is 1.77. The van der Waals surface area contributed by atoms with Crippen molar-refractivity contribution in [3.63, 3.8) is 0 Å². The van der Waals surface area contributed by atoms with E-state index in [9.17, 15) is 4.79 Å². The van der Waals surface area contributed by atoms with Crippen LogP contribution in [-0.2, 0) is 7.05 Å². The van der Waals surface area contributed by atoms with Crippen LogP contribution in [0.4, 0.5) is 6.01 Å². The Hall–Kier alpha value is -2.67. The Morgan fingerprint density at radius 3 is 2.67 bits per heavy atom. The summed E-state index contributed by atoms with van der Waals surface area (Å²) in [6, 6.07) is 8.23. The lowest BCUT2D eigenvalue weighted by Gasteiger charge is -2.00. The zero-order valence-corrected chi connectivity index (χ0v) is 11.7. The maximum atomic E-state index is 12.0. The van der Waals surface area contributed by atoms with E-state index >= 15 is 0 Å².